The first-order chi connectivity index (χ1) is 12.9. The average Bonchev–Trinajstić information content (AvgIpc) is 2.91. The monoisotopic (exact) mass is 385 g/mol. The van der Waals surface area contributed by atoms with Crippen molar-refractivity contribution < 1.29 is 13.2 Å². The summed E-state index contributed by atoms with van der Waals surface area (Å²) in [4.78, 5) is 16.8. The van der Waals surface area contributed by atoms with Crippen molar-refractivity contribution in [2.24, 2.45) is 4.99 Å². The number of sulfonamides is 1. The number of aliphatic imine (C=N–C) groups is 1. The maximum Gasteiger partial charge on any atom is 0.263 e. The summed E-state index contributed by atoms with van der Waals surface area (Å²) in [5, 5.41) is 3.02. The van der Waals surface area contributed by atoms with Gasteiger partial charge in [0.2, 0.25) is 5.91 Å². The Morgan fingerprint density at radius 2 is 1.85 bits per heavy atom. The first-order valence-electron chi connectivity index (χ1n) is 8.93. The van der Waals surface area contributed by atoms with E-state index in [1.165, 1.54) is 5.56 Å². The highest BCUT2D eigenvalue weighted by molar-refractivity contribution is 7.90. The van der Waals surface area contributed by atoms with Crippen LogP contribution in [0.2, 0.25) is 0 Å². The van der Waals surface area contributed by atoms with Crippen molar-refractivity contribution in [3.8, 4) is 0 Å². The molecule has 142 valence electrons. The van der Waals surface area contributed by atoms with Gasteiger partial charge < -0.3 is 5.32 Å². The number of aryl methyl sites for hydroxylation is 1. The molecule has 0 aliphatic carbocycles. The van der Waals surface area contributed by atoms with Crippen LogP contribution >= 0.6 is 0 Å². The van der Waals surface area contributed by atoms with Crippen molar-refractivity contribution in [1.29, 1.82) is 0 Å². The van der Waals surface area contributed by atoms with Crippen molar-refractivity contribution in [3.63, 3.8) is 0 Å². The molecular weight excluding hydrogens is 362 g/mol. The highest BCUT2D eigenvalue weighted by Gasteiger charge is 2.29. The molecule has 7 heteroatoms. The Morgan fingerprint density at radius 1 is 1.15 bits per heavy atom. The number of benzene rings is 2. The van der Waals surface area contributed by atoms with Gasteiger partial charge in [-0.3, -0.25) is 14.5 Å². The van der Waals surface area contributed by atoms with Gasteiger partial charge in [-0.15, -0.1) is 0 Å². The minimum Gasteiger partial charge on any atom is -0.349 e. The number of rotatable bonds is 6. The fourth-order valence-electron chi connectivity index (χ4n) is 3.01. The molecule has 2 N–H and O–H groups in total. The van der Waals surface area contributed by atoms with Crippen LogP contribution in [0.4, 0.5) is 0 Å². The summed E-state index contributed by atoms with van der Waals surface area (Å²) >= 11 is 0. The molecule has 3 rings (SSSR count). The second-order valence-corrected chi connectivity index (χ2v) is 8.17. The van der Waals surface area contributed by atoms with Crippen LogP contribution in [0.5, 0.6) is 0 Å². The molecule has 0 spiro atoms. The lowest BCUT2D eigenvalue weighted by atomic mass is 10.0. The third kappa shape index (κ3) is 4.36. The number of fused-ring (bicyclic) bond motifs is 1. The first kappa shape index (κ1) is 19.1. The van der Waals surface area contributed by atoms with E-state index in [9.17, 15) is 13.2 Å². The topological polar surface area (TPSA) is 87.6 Å². The maximum atomic E-state index is 12.3. The van der Waals surface area contributed by atoms with Crippen LogP contribution in [0.15, 0.2) is 58.4 Å². The predicted molar refractivity (Wildman–Crippen MR) is 105 cm³/mol. The molecule has 0 radical (unpaired) electrons. The molecule has 1 unspecified atom stereocenters. The van der Waals surface area contributed by atoms with E-state index in [2.05, 4.69) is 15.0 Å². The summed E-state index contributed by atoms with van der Waals surface area (Å²) in [5.41, 5.74) is 2.79. The van der Waals surface area contributed by atoms with E-state index in [1.54, 1.807) is 24.3 Å². The highest BCUT2D eigenvalue weighted by Crippen LogP contribution is 2.22. The number of nitrogens with one attached hydrogen (secondary N) is 2. The second-order valence-electron chi connectivity index (χ2n) is 6.52. The highest BCUT2D eigenvalue weighted by atomic mass is 32.2. The number of amides is 1. The Kier molecular flexibility index (Phi) is 5.60. The third-order valence-electron chi connectivity index (χ3n) is 4.49. The van der Waals surface area contributed by atoms with E-state index in [0.717, 1.165) is 12.0 Å². The summed E-state index contributed by atoms with van der Waals surface area (Å²) in [5.74, 6) is 0.185. The number of hydrogen-bond donors (Lipinski definition) is 2. The minimum atomic E-state index is -3.55. The minimum absolute atomic E-state index is 0.0449. The van der Waals surface area contributed by atoms with Gasteiger partial charge in [-0.05, 0) is 31.0 Å². The molecule has 6 nitrogen and oxygen atoms in total. The van der Waals surface area contributed by atoms with E-state index in [0.29, 0.717) is 11.4 Å². The number of amidine groups is 1. The molecule has 1 heterocycles. The van der Waals surface area contributed by atoms with Gasteiger partial charge >= 0.3 is 0 Å². The van der Waals surface area contributed by atoms with E-state index >= 15 is 0 Å². The Bertz CT molecular complexity index is 966. The molecular formula is C20H23N3O3S. The average molecular weight is 385 g/mol. The van der Waals surface area contributed by atoms with Crippen LogP contribution in [0.1, 0.15) is 42.5 Å². The van der Waals surface area contributed by atoms with Crippen LogP contribution in [0, 0.1) is 6.92 Å². The molecule has 0 aromatic heterocycles. The second kappa shape index (κ2) is 7.92. The van der Waals surface area contributed by atoms with Gasteiger partial charge in [0, 0.05) is 12.0 Å². The van der Waals surface area contributed by atoms with Crippen LogP contribution < -0.4 is 10.0 Å². The van der Waals surface area contributed by atoms with Gasteiger partial charge in [-0.25, -0.2) is 8.42 Å². The van der Waals surface area contributed by atoms with Crippen molar-refractivity contribution in [2.75, 3.05) is 6.54 Å². The van der Waals surface area contributed by atoms with Gasteiger partial charge in [0.05, 0.1) is 17.5 Å². The van der Waals surface area contributed by atoms with E-state index < -0.39 is 10.0 Å². The lowest BCUT2D eigenvalue weighted by Gasteiger charge is -2.17. The molecule has 1 aliphatic heterocycles. The van der Waals surface area contributed by atoms with E-state index in [1.807, 2.05) is 38.1 Å². The standard InChI is InChI=1S/C20H23N3O3S/c1-3-17(15-10-8-14(2)9-11-15)22-19(24)12-13-21-20-16-6-4-5-7-18(16)27(25,26)23-20/h4-11,17H,3,12-13H2,1-2H3,(H,21,23)(H,22,24). The smallest absolute Gasteiger partial charge is 0.263 e. The zero-order valence-corrected chi connectivity index (χ0v) is 16.2. The Hall–Kier alpha value is -2.67. The summed E-state index contributed by atoms with van der Waals surface area (Å²) in [6.07, 6.45) is 0.978. The van der Waals surface area contributed by atoms with Crippen LogP contribution in [-0.4, -0.2) is 26.7 Å². The molecule has 2 aromatic rings. The summed E-state index contributed by atoms with van der Waals surface area (Å²) in [6, 6.07) is 14.7. The van der Waals surface area contributed by atoms with Gasteiger partial charge in [0.25, 0.3) is 10.0 Å². The number of nitrogens with zero attached hydrogens (tertiary/aromatic N) is 1. The van der Waals surface area contributed by atoms with Crippen molar-refractivity contribution in [2.45, 2.75) is 37.6 Å². The fourth-order valence-corrected chi connectivity index (χ4v) is 4.26. The van der Waals surface area contributed by atoms with E-state index in [-0.39, 0.29) is 29.8 Å². The van der Waals surface area contributed by atoms with Crippen LogP contribution in [0.25, 0.3) is 0 Å². The Balaban J connectivity index is 1.61. The fraction of sp³-hybridized carbons (Fsp3) is 0.300. The molecule has 0 fully saturated rings. The summed E-state index contributed by atoms with van der Waals surface area (Å²) < 4.78 is 26.6. The first-order valence-corrected chi connectivity index (χ1v) is 10.4. The van der Waals surface area contributed by atoms with Crippen molar-refractivity contribution >= 4 is 21.8 Å². The number of carbonyl (C=O) groups excluding carboxylic acids is 1. The van der Waals surface area contributed by atoms with E-state index in [4.69, 9.17) is 0 Å². The molecule has 1 amide bonds. The molecule has 0 saturated carbocycles. The molecule has 2 aromatic carbocycles. The largest absolute Gasteiger partial charge is 0.349 e. The molecule has 0 saturated heterocycles. The summed E-state index contributed by atoms with van der Waals surface area (Å²) in [6.45, 7) is 4.26. The molecule has 1 atom stereocenters. The third-order valence-corrected chi connectivity index (χ3v) is 5.89. The Labute approximate surface area is 159 Å². The zero-order chi connectivity index (χ0) is 19.4. The van der Waals surface area contributed by atoms with Gasteiger partial charge in [-0.2, -0.15) is 0 Å². The number of hydrogen-bond acceptors (Lipinski definition) is 4. The number of carbonyl (C=O) groups is 1. The van der Waals surface area contributed by atoms with Crippen molar-refractivity contribution in [3.05, 3.63) is 65.2 Å². The predicted octanol–water partition coefficient (Wildman–Crippen LogP) is 2.69. The van der Waals surface area contributed by atoms with Gasteiger partial charge in [0.15, 0.2) is 0 Å². The normalized spacial score (nSPS) is 17.2. The summed E-state index contributed by atoms with van der Waals surface area (Å²) in [7, 11) is -3.55. The van der Waals surface area contributed by atoms with Crippen LogP contribution in [0.3, 0.4) is 0 Å². The van der Waals surface area contributed by atoms with Gasteiger partial charge in [-0.1, -0.05) is 48.9 Å². The lowest BCUT2D eigenvalue weighted by Crippen LogP contribution is -2.29. The quantitative estimate of drug-likeness (QED) is 0.801. The van der Waals surface area contributed by atoms with Gasteiger partial charge in [0.1, 0.15) is 5.84 Å². The zero-order valence-electron chi connectivity index (χ0n) is 15.4. The molecule has 1 aliphatic rings. The Morgan fingerprint density at radius 3 is 2.56 bits per heavy atom. The van der Waals surface area contributed by atoms with Crippen molar-refractivity contribution in [1.82, 2.24) is 10.0 Å². The SMILES string of the molecule is CCC(NC(=O)CCN=C1NS(=O)(=O)c2ccccc21)c1ccc(C)cc1. The maximum absolute atomic E-state index is 12.3. The molecule has 0 bridgehead atoms. The molecule has 27 heavy (non-hydrogen) atoms. The lowest BCUT2D eigenvalue weighted by molar-refractivity contribution is -0.121. The van der Waals surface area contributed by atoms with Crippen LogP contribution in [-0.2, 0) is 14.8 Å².